The van der Waals surface area contributed by atoms with Crippen LogP contribution >= 0.6 is 0 Å². The molecule has 42 heavy (non-hydrogen) atoms. The lowest BCUT2D eigenvalue weighted by atomic mass is 10.1. The monoisotopic (exact) mass is 598 g/mol. The summed E-state index contributed by atoms with van der Waals surface area (Å²) in [6.07, 6.45) is -4.56. The summed E-state index contributed by atoms with van der Waals surface area (Å²) in [6.45, 7) is 6.97. The number of ether oxygens (including phenoxy) is 1. The van der Waals surface area contributed by atoms with Crippen LogP contribution in [0.25, 0.3) is 10.9 Å². The zero-order valence-corrected chi connectivity index (χ0v) is 24.4. The van der Waals surface area contributed by atoms with Gasteiger partial charge in [0.05, 0.1) is 16.0 Å². The van der Waals surface area contributed by atoms with Gasteiger partial charge in [0.25, 0.3) is 0 Å². The van der Waals surface area contributed by atoms with E-state index in [4.69, 9.17) is 4.74 Å². The quantitative estimate of drug-likeness (QED) is 0.251. The number of anilines is 2. The lowest BCUT2D eigenvalue weighted by Crippen LogP contribution is -2.58. The summed E-state index contributed by atoms with van der Waals surface area (Å²) in [5, 5.41) is 3.92. The molecule has 2 atom stereocenters. The van der Waals surface area contributed by atoms with Crippen molar-refractivity contribution in [2.45, 2.75) is 43.9 Å². The molecule has 0 aliphatic carbocycles. The van der Waals surface area contributed by atoms with Gasteiger partial charge in [-0.25, -0.2) is 8.42 Å². The molecule has 0 spiro atoms. The van der Waals surface area contributed by atoms with E-state index in [0.29, 0.717) is 25.3 Å². The number of hydrogen-bond donors (Lipinski definition) is 1. The van der Waals surface area contributed by atoms with E-state index in [1.807, 2.05) is 45.0 Å². The summed E-state index contributed by atoms with van der Waals surface area (Å²) >= 11 is 0. The molecule has 0 bridgehead atoms. The number of halogens is 3. The standard InChI is InChI=1S/C31H33F3N4O3S/c1-21-15-30(28-11-7-8-12-29(28)35-21)36-25-16-24(31(32,33)34)17-26(18-25)41-14-13-37-19-23(3)38(20-22(37)2)42(39,40)27-9-5-4-6-10-27/h4-12,15-18,22-23H,13-14,19-20H2,1-3H3,(H,35,36)/t22-,23-/m0/s1. The van der Waals surface area contributed by atoms with Crippen LogP contribution in [0.4, 0.5) is 24.5 Å². The van der Waals surface area contributed by atoms with Crippen molar-refractivity contribution in [3.05, 3.63) is 90.1 Å². The van der Waals surface area contributed by atoms with Crippen LogP contribution in [0.3, 0.4) is 0 Å². The molecular weight excluding hydrogens is 565 g/mol. The first-order valence-corrected chi connectivity index (χ1v) is 15.2. The van der Waals surface area contributed by atoms with Crippen LogP contribution in [0.1, 0.15) is 25.1 Å². The van der Waals surface area contributed by atoms with Crippen molar-refractivity contribution in [1.29, 1.82) is 0 Å². The number of pyridine rings is 1. The van der Waals surface area contributed by atoms with Crippen molar-refractivity contribution in [3.8, 4) is 5.75 Å². The molecule has 3 aromatic carbocycles. The SMILES string of the molecule is Cc1cc(Nc2cc(OCCN3C[C@H](C)N(S(=O)(=O)c4ccccc4)C[C@@H]3C)cc(C(F)(F)F)c2)c2ccccc2n1. The fraction of sp³-hybridized carbons (Fsp3) is 0.323. The van der Waals surface area contributed by atoms with Gasteiger partial charge in [0.1, 0.15) is 12.4 Å². The molecule has 1 aliphatic heterocycles. The Morgan fingerprint density at radius 1 is 0.952 bits per heavy atom. The fourth-order valence-corrected chi connectivity index (χ4v) is 7.03. The first-order chi connectivity index (χ1) is 19.9. The van der Waals surface area contributed by atoms with Gasteiger partial charge < -0.3 is 10.1 Å². The van der Waals surface area contributed by atoms with Crippen LogP contribution in [0.5, 0.6) is 5.75 Å². The Bertz CT molecular complexity index is 1670. The number of benzene rings is 3. The number of fused-ring (bicyclic) bond motifs is 1. The van der Waals surface area contributed by atoms with Crippen molar-refractivity contribution in [1.82, 2.24) is 14.2 Å². The van der Waals surface area contributed by atoms with Crippen molar-refractivity contribution in [2.24, 2.45) is 0 Å². The number of rotatable bonds is 8. The molecular formula is C31H33F3N4O3S. The van der Waals surface area contributed by atoms with Crippen molar-refractivity contribution in [3.63, 3.8) is 0 Å². The summed E-state index contributed by atoms with van der Waals surface area (Å²) in [5.41, 5.74) is 1.55. The van der Waals surface area contributed by atoms with E-state index in [0.717, 1.165) is 28.7 Å². The lowest BCUT2D eigenvalue weighted by Gasteiger charge is -2.43. The zero-order valence-electron chi connectivity index (χ0n) is 23.6. The molecule has 7 nitrogen and oxygen atoms in total. The molecule has 11 heteroatoms. The van der Waals surface area contributed by atoms with Gasteiger partial charge in [0, 0.05) is 60.2 Å². The summed E-state index contributed by atoms with van der Waals surface area (Å²) in [4.78, 5) is 6.85. The lowest BCUT2D eigenvalue weighted by molar-refractivity contribution is -0.137. The first kappa shape index (κ1) is 29.8. The van der Waals surface area contributed by atoms with Gasteiger partial charge in [-0.3, -0.25) is 9.88 Å². The number of aromatic nitrogens is 1. The molecule has 1 N–H and O–H groups in total. The minimum absolute atomic E-state index is 0.0911. The maximum absolute atomic E-state index is 13.8. The van der Waals surface area contributed by atoms with E-state index < -0.39 is 21.8 Å². The molecule has 5 rings (SSSR count). The molecule has 0 unspecified atom stereocenters. The van der Waals surface area contributed by atoms with Crippen molar-refractivity contribution >= 4 is 32.3 Å². The third kappa shape index (κ3) is 6.53. The van der Waals surface area contributed by atoms with Crippen LogP contribution < -0.4 is 10.1 Å². The van der Waals surface area contributed by atoms with E-state index in [2.05, 4.69) is 15.2 Å². The zero-order chi connectivity index (χ0) is 30.1. The molecule has 1 aliphatic rings. The number of piperazine rings is 1. The highest BCUT2D eigenvalue weighted by Crippen LogP contribution is 2.36. The maximum Gasteiger partial charge on any atom is 0.416 e. The summed E-state index contributed by atoms with van der Waals surface area (Å²) in [7, 11) is -3.64. The van der Waals surface area contributed by atoms with Gasteiger partial charge in [-0.1, -0.05) is 36.4 Å². The molecule has 4 aromatic rings. The molecule has 0 saturated carbocycles. The minimum Gasteiger partial charge on any atom is -0.492 e. The Hall–Kier alpha value is -3.67. The van der Waals surface area contributed by atoms with Gasteiger partial charge in [-0.05, 0) is 57.2 Å². The highest BCUT2D eigenvalue weighted by molar-refractivity contribution is 7.89. The second kappa shape index (κ2) is 11.9. The molecule has 0 radical (unpaired) electrons. The van der Waals surface area contributed by atoms with Crippen LogP contribution in [-0.4, -0.2) is 60.9 Å². The number of aryl methyl sites for hydroxylation is 1. The van der Waals surface area contributed by atoms with E-state index in [1.165, 1.54) is 4.31 Å². The predicted molar refractivity (Wildman–Crippen MR) is 158 cm³/mol. The van der Waals surface area contributed by atoms with Gasteiger partial charge >= 0.3 is 6.18 Å². The second-order valence-electron chi connectivity index (χ2n) is 10.6. The summed E-state index contributed by atoms with van der Waals surface area (Å²) in [6, 6.07) is 20.8. The second-order valence-corrected chi connectivity index (χ2v) is 12.5. The molecule has 2 heterocycles. The molecule has 222 valence electrons. The van der Waals surface area contributed by atoms with Gasteiger partial charge in [-0.2, -0.15) is 17.5 Å². The molecule has 0 amide bonds. The maximum atomic E-state index is 13.8. The number of para-hydroxylation sites is 1. The Balaban J connectivity index is 1.29. The number of nitrogens with zero attached hydrogens (tertiary/aromatic N) is 3. The molecule has 1 aromatic heterocycles. The van der Waals surface area contributed by atoms with Gasteiger partial charge in [-0.15, -0.1) is 0 Å². The van der Waals surface area contributed by atoms with E-state index in [1.54, 1.807) is 42.5 Å². The van der Waals surface area contributed by atoms with Gasteiger partial charge in [0.15, 0.2) is 0 Å². The fourth-order valence-electron chi connectivity index (χ4n) is 5.31. The third-order valence-corrected chi connectivity index (χ3v) is 9.41. The number of hydrogen-bond acceptors (Lipinski definition) is 6. The smallest absolute Gasteiger partial charge is 0.416 e. The Kier molecular flexibility index (Phi) is 8.45. The number of sulfonamides is 1. The van der Waals surface area contributed by atoms with Gasteiger partial charge in [0.2, 0.25) is 10.0 Å². The largest absolute Gasteiger partial charge is 0.492 e. The Morgan fingerprint density at radius 2 is 1.67 bits per heavy atom. The van der Waals surface area contributed by atoms with E-state index in [9.17, 15) is 21.6 Å². The first-order valence-electron chi connectivity index (χ1n) is 13.7. The van der Waals surface area contributed by atoms with Crippen LogP contribution in [-0.2, 0) is 16.2 Å². The highest BCUT2D eigenvalue weighted by Gasteiger charge is 2.37. The minimum atomic E-state index is -4.56. The van der Waals surface area contributed by atoms with Crippen LogP contribution in [0.2, 0.25) is 0 Å². The summed E-state index contributed by atoms with van der Waals surface area (Å²) < 4.78 is 75.2. The Morgan fingerprint density at radius 3 is 2.40 bits per heavy atom. The average Bonchev–Trinajstić information content (AvgIpc) is 2.94. The summed E-state index contributed by atoms with van der Waals surface area (Å²) in [5.74, 6) is 0.0911. The topological polar surface area (TPSA) is 74.8 Å². The van der Waals surface area contributed by atoms with Crippen LogP contribution in [0, 0.1) is 6.92 Å². The third-order valence-electron chi connectivity index (χ3n) is 7.41. The number of nitrogens with one attached hydrogen (secondary N) is 1. The predicted octanol–water partition coefficient (Wildman–Crippen LogP) is 6.47. The van der Waals surface area contributed by atoms with Crippen molar-refractivity contribution in [2.75, 3.05) is 31.6 Å². The Labute approximate surface area is 244 Å². The molecule has 1 saturated heterocycles. The average molecular weight is 599 g/mol. The normalized spacial score (nSPS) is 18.7. The van der Waals surface area contributed by atoms with Crippen LogP contribution in [0.15, 0.2) is 83.8 Å². The highest BCUT2D eigenvalue weighted by atomic mass is 32.2. The van der Waals surface area contributed by atoms with Crippen molar-refractivity contribution < 1.29 is 26.3 Å². The van der Waals surface area contributed by atoms with E-state index >= 15 is 0 Å². The molecule has 1 fully saturated rings. The van der Waals surface area contributed by atoms with E-state index in [-0.39, 0.29) is 35.0 Å². The number of alkyl halides is 3.